The van der Waals surface area contributed by atoms with E-state index in [1.807, 2.05) is 30.3 Å². The number of rotatable bonds is 6. The molecule has 32 heavy (non-hydrogen) atoms. The second kappa shape index (κ2) is 10.5. The standard InChI is InChI=1S/C25H26N2O5/c1-17(32-22-10-9-20(25(29)31-3)15-23(22)30-2)24(28)27-13-11-19(12-14-27)21(16-26)18-7-5-4-6-8-18/h4-10,15,17H,11-14H2,1-3H3. The first-order valence-corrected chi connectivity index (χ1v) is 10.4. The maximum Gasteiger partial charge on any atom is 0.337 e. The second-order valence-corrected chi connectivity index (χ2v) is 7.40. The van der Waals surface area contributed by atoms with E-state index in [-0.39, 0.29) is 5.91 Å². The van der Waals surface area contributed by atoms with Crippen molar-refractivity contribution in [2.24, 2.45) is 0 Å². The van der Waals surface area contributed by atoms with E-state index in [1.54, 1.807) is 24.0 Å². The summed E-state index contributed by atoms with van der Waals surface area (Å²) < 4.78 is 15.9. The molecule has 0 bridgehead atoms. The van der Waals surface area contributed by atoms with Crippen LogP contribution in [0.25, 0.3) is 5.57 Å². The first kappa shape index (κ1) is 22.9. The van der Waals surface area contributed by atoms with Gasteiger partial charge in [0.25, 0.3) is 5.91 Å². The fraction of sp³-hybridized carbons (Fsp3) is 0.320. The van der Waals surface area contributed by atoms with Gasteiger partial charge in [0, 0.05) is 13.1 Å². The Bertz CT molecular complexity index is 1050. The first-order valence-electron chi connectivity index (χ1n) is 10.4. The van der Waals surface area contributed by atoms with Crippen molar-refractivity contribution in [1.82, 2.24) is 4.90 Å². The molecule has 1 saturated heterocycles. The van der Waals surface area contributed by atoms with E-state index in [1.165, 1.54) is 20.3 Å². The minimum absolute atomic E-state index is 0.138. The van der Waals surface area contributed by atoms with Crippen molar-refractivity contribution in [3.05, 3.63) is 65.2 Å². The van der Waals surface area contributed by atoms with Crippen LogP contribution in [0, 0.1) is 11.3 Å². The lowest BCUT2D eigenvalue weighted by Crippen LogP contribution is -2.43. The maximum atomic E-state index is 12.9. The second-order valence-electron chi connectivity index (χ2n) is 7.40. The number of carbonyl (C=O) groups is 2. The molecule has 0 radical (unpaired) electrons. The Balaban J connectivity index is 1.66. The maximum absolute atomic E-state index is 12.9. The molecule has 1 aliphatic heterocycles. The first-order chi connectivity index (χ1) is 15.5. The lowest BCUT2D eigenvalue weighted by Gasteiger charge is -2.31. The SMILES string of the molecule is COC(=O)c1ccc(OC(C)C(=O)N2CCC(=C(C#N)c3ccccc3)CC2)c(OC)c1. The fourth-order valence-corrected chi connectivity index (χ4v) is 3.71. The molecule has 1 unspecified atom stereocenters. The monoisotopic (exact) mass is 434 g/mol. The molecule has 3 rings (SSSR count). The van der Waals surface area contributed by atoms with Gasteiger partial charge in [-0.15, -0.1) is 0 Å². The van der Waals surface area contributed by atoms with Crippen molar-refractivity contribution >= 4 is 17.4 Å². The van der Waals surface area contributed by atoms with Crippen molar-refractivity contribution in [2.75, 3.05) is 27.3 Å². The summed E-state index contributed by atoms with van der Waals surface area (Å²) in [6, 6.07) is 16.6. The molecule has 0 spiro atoms. The molecule has 1 atom stereocenters. The van der Waals surface area contributed by atoms with E-state index >= 15 is 0 Å². The normalized spacial score (nSPS) is 14.2. The van der Waals surface area contributed by atoms with Gasteiger partial charge in [-0.05, 0) is 49.1 Å². The van der Waals surface area contributed by atoms with Crippen LogP contribution in [0.1, 0.15) is 35.7 Å². The molecule has 0 aliphatic carbocycles. The smallest absolute Gasteiger partial charge is 0.337 e. The van der Waals surface area contributed by atoms with Crippen molar-refractivity contribution in [1.29, 1.82) is 5.26 Å². The van der Waals surface area contributed by atoms with Crippen molar-refractivity contribution in [3.63, 3.8) is 0 Å². The molecule has 0 aromatic heterocycles. The number of ether oxygens (including phenoxy) is 3. The number of nitrogens with zero attached hydrogens (tertiary/aromatic N) is 2. The summed E-state index contributed by atoms with van der Waals surface area (Å²) in [5.41, 5.74) is 3.00. The van der Waals surface area contributed by atoms with Gasteiger partial charge >= 0.3 is 5.97 Å². The number of allylic oxidation sites excluding steroid dienone is 1. The van der Waals surface area contributed by atoms with Crippen molar-refractivity contribution in [2.45, 2.75) is 25.9 Å². The molecule has 0 saturated carbocycles. The van der Waals surface area contributed by atoms with Gasteiger partial charge in [0.15, 0.2) is 17.6 Å². The lowest BCUT2D eigenvalue weighted by atomic mass is 9.94. The Morgan fingerprint density at radius 1 is 1.00 bits per heavy atom. The molecule has 2 aromatic carbocycles. The van der Waals surface area contributed by atoms with E-state index in [0.717, 1.165) is 11.1 Å². The van der Waals surface area contributed by atoms with Crippen LogP contribution in [0.3, 0.4) is 0 Å². The number of amides is 1. The minimum atomic E-state index is -0.733. The summed E-state index contributed by atoms with van der Waals surface area (Å²) in [6.07, 6.45) is 0.559. The Labute approximate surface area is 187 Å². The number of benzene rings is 2. The third-order valence-corrected chi connectivity index (χ3v) is 5.44. The van der Waals surface area contributed by atoms with Gasteiger partial charge in [0.1, 0.15) is 0 Å². The van der Waals surface area contributed by atoms with E-state index in [0.29, 0.717) is 48.6 Å². The summed E-state index contributed by atoms with van der Waals surface area (Å²) in [5.74, 6) is 0.0946. The van der Waals surface area contributed by atoms with Gasteiger partial charge in [-0.25, -0.2) is 4.79 Å². The van der Waals surface area contributed by atoms with Crippen molar-refractivity contribution in [3.8, 4) is 17.6 Å². The van der Waals surface area contributed by atoms with Gasteiger partial charge in [-0.1, -0.05) is 30.3 Å². The number of hydrogen-bond donors (Lipinski definition) is 0. The van der Waals surface area contributed by atoms with Gasteiger partial charge in [-0.3, -0.25) is 4.79 Å². The summed E-state index contributed by atoms with van der Waals surface area (Å²) in [7, 11) is 2.77. The summed E-state index contributed by atoms with van der Waals surface area (Å²) in [6.45, 7) is 2.74. The number of nitriles is 1. The van der Waals surface area contributed by atoms with Gasteiger partial charge in [0.2, 0.25) is 0 Å². The molecular formula is C25H26N2O5. The Morgan fingerprint density at radius 3 is 2.28 bits per heavy atom. The number of hydrogen-bond acceptors (Lipinski definition) is 6. The van der Waals surface area contributed by atoms with Crippen molar-refractivity contribution < 1.29 is 23.8 Å². The molecule has 1 heterocycles. The summed E-state index contributed by atoms with van der Waals surface area (Å²) in [4.78, 5) is 26.4. The third kappa shape index (κ3) is 5.09. The van der Waals surface area contributed by atoms with Crippen LogP contribution in [0.15, 0.2) is 54.1 Å². The number of esters is 1. The highest BCUT2D eigenvalue weighted by atomic mass is 16.5. The van der Waals surface area contributed by atoms with Gasteiger partial charge < -0.3 is 19.1 Å². The van der Waals surface area contributed by atoms with E-state index in [2.05, 4.69) is 6.07 Å². The molecular weight excluding hydrogens is 408 g/mol. The fourth-order valence-electron chi connectivity index (χ4n) is 3.71. The van der Waals surface area contributed by atoms with Crippen LogP contribution >= 0.6 is 0 Å². The number of piperidine rings is 1. The summed E-state index contributed by atoms with van der Waals surface area (Å²) >= 11 is 0. The minimum Gasteiger partial charge on any atom is -0.493 e. The molecule has 2 aromatic rings. The van der Waals surface area contributed by atoms with Crippen LogP contribution in [-0.4, -0.2) is 50.2 Å². The lowest BCUT2D eigenvalue weighted by molar-refractivity contribution is -0.138. The highest BCUT2D eigenvalue weighted by Gasteiger charge is 2.27. The zero-order valence-electron chi connectivity index (χ0n) is 18.5. The molecule has 0 N–H and O–H groups in total. The highest BCUT2D eigenvalue weighted by Crippen LogP contribution is 2.30. The zero-order valence-corrected chi connectivity index (χ0v) is 18.5. The molecule has 7 nitrogen and oxygen atoms in total. The molecule has 1 aliphatic rings. The average molecular weight is 434 g/mol. The van der Waals surface area contributed by atoms with Crippen LogP contribution in [-0.2, 0) is 9.53 Å². The quantitative estimate of drug-likeness (QED) is 0.507. The van der Waals surface area contributed by atoms with E-state index < -0.39 is 12.1 Å². The van der Waals surface area contributed by atoms with Gasteiger partial charge in [-0.2, -0.15) is 5.26 Å². The molecule has 7 heteroatoms. The topological polar surface area (TPSA) is 88.9 Å². The Kier molecular flexibility index (Phi) is 7.50. The predicted molar refractivity (Wildman–Crippen MR) is 119 cm³/mol. The molecule has 1 amide bonds. The number of methoxy groups -OCH3 is 2. The Morgan fingerprint density at radius 2 is 1.69 bits per heavy atom. The highest BCUT2D eigenvalue weighted by molar-refractivity contribution is 5.90. The van der Waals surface area contributed by atoms with Gasteiger partial charge in [0.05, 0.1) is 31.4 Å². The van der Waals surface area contributed by atoms with Crippen LogP contribution in [0.4, 0.5) is 0 Å². The van der Waals surface area contributed by atoms with E-state index in [9.17, 15) is 14.9 Å². The average Bonchev–Trinajstić information content (AvgIpc) is 2.84. The van der Waals surface area contributed by atoms with E-state index in [4.69, 9.17) is 14.2 Å². The Hall–Kier alpha value is -3.79. The number of likely N-dealkylation sites (tertiary alicyclic amines) is 1. The molecule has 166 valence electrons. The van der Waals surface area contributed by atoms with Crippen LogP contribution in [0.2, 0.25) is 0 Å². The molecule has 1 fully saturated rings. The number of carbonyl (C=O) groups excluding carboxylic acids is 2. The van der Waals surface area contributed by atoms with Crippen LogP contribution in [0.5, 0.6) is 11.5 Å². The zero-order chi connectivity index (χ0) is 23.1. The predicted octanol–water partition coefficient (Wildman–Crippen LogP) is 3.85. The largest absolute Gasteiger partial charge is 0.493 e. The third-order valence-electron chi connectivity index (χ3n) is 5.44. The summed E-state index contributed by atoms with van der Waals surface area (Å²) in [5, 5.41) is 9.63. The van der Waals surface area contributed by atoms with Crippen LogP contribution < -0.4 is 9.47 Å².